The zero-order chi connectivity index (χ0) is 12.9. The van der Waals surface area contributed by atoms with Crippen molar-refractivity contribution in [2.45, 2.75) is 6.92 Å². The number of carbonyl (C=O) groups is 1. The Kier molecular flexibility index (Phi) is 2.28. The van der Waals surface area contributed by atoms with Crippen LogP contribution in [-0.2, 0) is 0 Å². The van der Waals surface area contributed by atoms with Gasteiger partial charge in [-0.15, -0.1) is 0 Å². The highest BCUT2D eigenvalue weighted by Crippen LogP contribution is 2.36. The number of rotatable bonds is 1. The number of carbonyl (C=O) groups excluding carboxylic acids is 1. The Balaban J connectivity index is 2.22. The number of fused-ring (bicyclic) bond motifs is 1. The number of aromatic hydroxyl groups is 1. The van der Waals surface area contributed by atoms with E-state index in [0.717, 1.165) is 5.56 Å². The summed E-state index contributed by atoms with van der Waals surface area (Å²) in [6.07, 6.45) is 0. The molecular formula is C13H9ClN2O2. The number of aliphatic imine (C=N–C) groups is 1. The molecule has 0 fully saturated rings. The Labute approximate surface area is 108 Å². The van der Waals surface area contributed by atoms with Gasteiger partial charge in [0.2, 0.25) is 0 Å². The fourth-order valence-electron chi connectivity index (χ4n) is 2.15. The number of hydrogen-bond acceptors (Lipinski definition) is 2. The Morgan fingerprint density at radius 2 is 1.89 bits per heavy atom. The standard InChI is InChI=1S/C13H9ClN2O2/c1-6-9-10(13(18)15-6)11(16-12(9)17)7-2-4-8(14)5-3-7/h2-5,16-17H,1H3. The van der Waals surface area contributed by atoms with Crippen molar-refractivity contribution < 1.29 is 9.90 Å². The first-order chi connectivity index (χ1) is 8.58. The van der Waals surface area contributed by atoms with Gasteiger partial charge < -0.3 is 10.1 Å². The SMILES string of the molecule is CC1=NC(=O)c2c(-c3ccc(Cl)cc3)[nH]c(O)c21. The maximum absolute atomic E-state index is 11.8. The first-order valence-electron chi connectivity index (χ1n) is 5.39. The summed E-state index contributed by atoms with van der Waals surface area (Å²) in [6.45, 7) is 1.70. The quantitative estimate of drug-likeness (QED) is 0.828. The van der Waals surface area contributed by atoms with Crippen molar-refractivity contribution >= 4 is 23.2 Å². The van der Waals surface area contributed by atoms with Crippen molar-refractivity contribution in [3.8, 4) is 17.1 Å². The molecule has 0 radical (unpaired) electrons. The summed E-state index contributed by atoms with van der Waals surface area (Å²) < 4.78 is 0. The van der Waals surface area contributed by atoms with Crippen LogP contribution in [0.15, 0.2) is 29.3 Å². The van der Waals surface area contributed by atoms with Crippen molar-refractivity contribution in [2.75, 3.05) is 0 Å². The Morgan fingerprint density at radius 1 is 1.22 bits per heavy atom. The van der Waals surface area contributed by atoms with Crippen LogP contribution in [0.4, 0.5) is 0 Å². The summed E-state index contributed by atoms with van der Waals surface area (Å²) in [7, 11) is 0. The molecule has 5 heteroatoms. The molecule has 0 saturated heterocycles. The van der Waals surface area contributed by atoms with E-state index in [2.05, 4.69) is 9.98 Å². The summed E-state index contributed by atoms with van der Waals surface area (Å²) >= 11 is 5.82. The molecule has 0 spiro atoms. The van der Waals surface area contributed by atoms with Crippen molar-refractivity contribution in [3.05, 3.63) is 40.4 Å². The van der Waals surface area contributed by atoms with Gasteiger partial charge in [0.25, 0.3) is 5.91 Å². The highest BCUT2D eigenvalue weighted by atomic mass is 35.5. The normalized spacial score (nSPS) is 13.7. The van der Waals surface area contributed by atoms with Crippen LogP contribution in [0.2, 0.25) is 5.02 Å². The van der Waals surface area contributed by atoms with Crippen LogP contribution in [0, 0.1) is 0 Å². The van der Waals surface area contributed by atoms with Gasteiger partial charge in [-0.2, -0.15) is 0 Å². The Bertz CT molecular complexity index is 684. The fourth-order valence-corrected chi connectivity index (χ4v) is 2.28. The lowest BCUT2D eigenvalue weighted by Gasteiger charge is -2.00. The minimum Gasteiger partial charge on any atom is -0.494 e. The summed E-state index contributed by atoms with van der Waals surface area (Å²) in [6, 6.07) is 7.03. The van der Waals surface area contributed by atoms with Crippen molar-refractivity contribution in [3.63, 3.8) is 0 Å². The fraction of sp³-hybridized carbons (Fsp3) is 0.0769. The molecule has 0 aliphatic carbocycles. The maximum Gasteiger partial charge on any atom is 0.280 e. The van der Waals surface area contributed by atoms with E-state index >= 15 is 0 Å². The number of nitrogens with zero attached hydrogens (tertiary/aromatic N) is 1. The van der Waals surface area contributed by atoms with Gasteiger partial charge in [-0.3, -0.25) is 4.79 Å². The molecule has 18 heavy (non-hydrogen) atoms. The molecule has 1 aliphatic heterocycles. The highest BCUT2D eigenvalue weighted by Gasteiger charge is 2.30. The summed E-state index contributed by atoms with van der Waals surface area (Å²) in [4.78, 5) is 18.5. The molecule has 3 rings (SSSR count). The number of halogens is 1. The molecule has 1 amide bonds. The van der Waals surface area contributed by atoms with E-state index in [-0.39, 0.29) is 11.8 Å². The topological polar surface area (TPSA) is 65.5 Å². The van der Waals surface area contributed by atoms with Gasteiger partial charge in [-0.1, -0.05) is 23.7 Å². The minimum absolute atomic E-state index is 0.0259. The zero-order valence-corrected chi connectivity index (χ0v) is 10.2. The molecule has 1 aromatic carbocycles. The molecular weight excluding hydrogens is 252 g/mol. The van der Waals surface area contributed by atoms with Gasteiger partial charge in [-0.05, 0) is 24.6 Å². The van der Waals surface area contributed by atoms with Crippen LogP contribution >= 0.6 is 11.6 Å². The molecule has 1 aromatic heterocycles. The van der Waals surface area contributed by atoms with Crippen LogP contribution in [0.25, 0.3) is 11.3 Å². The largest absolute Gasteiger partial charge is 0.494 e. The predicted molar refractivity (Wildman–Crippen MR) is 69.4 cm³/mol. The molecule has 90 valence electrons. The molecule has 0 saturated carbocycles. The van der Waals surface area contributed by atoms with Crippen LogP contribution in [-0.4, -0.2) is 21.7 Å². The summed E-state index contributed by atoms with van der Waals surface area (Å²) in [5, 5.41) is 10.5. The second-order valence-corrected chi connectivity index (χ2v) is 4.54. The third-order valence-corrected chi connectivity index (χ3v) is 3.21. The van der Waals surface area contributed by atoms with E-state index in [9.17, 15) is 9.90 Å². The Hall–Kier alpha value is -2.07. The molecule has 2 heterocycles. The summed E-state index contributed by atoms with van der Waals surface area (Å²) in [5.41, 5.74) is 2.81. The molecule has 2 N–H and O–H groups in total. The van der Waals surface area contributed by atoms with Crippen LogP contribution in [0.1, 0.15) is 22.8 Å². The second kappa shape index (κ2) is 3.71. The van der Waals surface area contributed by atoms with Crippen molar-refractivity contribution in [1.29, 1.82) is 0 Å². The first-order valence-corrected chi connectivity index (χ1v) is 5.76. The van der Waals surface area contributed by atoms with Gasteiger partial charge in [0.05, 0.1) is 22.5 Å². The van der Waals surface area contributed by atoms with E-state index in [1.165, 1.54) is 0 Å². The third kappa shape index (κ3) is 1.46. The van der Waals surface area contributed by atoms with Gasteiger partial charge in [0.15, 0.2) is 5.88 Å². The zero-order valence-electron chi connectivity index (χ0n) is 9.49. The summed E-state index contributed by atoms with van der Waals surface area (Å²) in [5.74, 6) is -0.356. The molecule has 2 aromatic rings. The van der Waals surface area contributed by atoms with Gasteiger partial charge in [-0.25, -0.2) is 4.99 Å². The number of amides is 1. The van der Waals surface area contributed by atoms with Gasteiger partial charge in [0.1, 0.15) is 0 Å². The van der Waals surface area contributed by atoms with Crippen molar-refractivity contribution in [1.82, 2.24) is 4.98 Å². The lowest BCUT2D eigenvalue weighted by Crippen LogP contribution is -1.92. The number of aromatic nitrogens is 1. The number of hydrogen-bond donors (Lipinski definition) is 2. The third-order valence-electron chi connectivity index (χ3n) is 2.96. The smallest absolute Gasteiger partial charge is 0.280 e. The maximum atomic E-state index is 11.8. The monoisotopic (exact) mass is 260 g/mol. The van der Waals surface area contributed by atoms with E-state index < -0.39 is 0 Å². The van der Waals surface area contributed by atoms with Crippen LogP contribution in [0.3, 0.4) is 0 Å². The molecule has 0 unspecified atom stereocenters. The number of nitrogens with one attached hydrogen (secondary N) is 1. The highest BCUT2D eigenvalue weighted by molar-refractivity contribution is 6.30. The molecule has 4 nitrogen and oxygen atoms in total. The average molecular weight is 261 g/mol. The average Bonchev–Trinajstić information content (AvgIpc) is 2.81. The van der Waals surface area contributed by atoms with Gasteiger partial charge in [0, 0.05) is 5.02 Å². The van der Waals surface area contributed by atoms with Crippen LogP contribution < -0.4 is 0 Å². The van der Waals surface area contributed by atoms with E-state index in [1.807, 2.05) is 0 Å². The number of benzene rings is 1. The van der Waals surface area contributed by atoms with Crippen LogP contribution in [0.5, 0.6) is 5.88 Å². The van der Waals surface area contributed by atoms with E-state index in [1.54, 1.807) is 31.2 Å². The minimum atomic E-state index is -0.330. The number of aromatic amines is 1. The van der Waals surface area contributed by atoms with E-state index in [0.29, 0.717) is 27.6 Å². The molecule has 0 atom stereocenters. The molecule has 1 aliphatic rings. The predicted octanol–water partition coefficient (Wildman–Crippen LogP) is 3.00. The lowest BCUT2D eigenvalue weighted by atomic mass is 10.0. The van der Waals surface area contributed by atoms with E-state index in [4.69, 9.17) is 11.6 Å². The number of H-pyrrole nitrogens is 1. The van der Waals surface area contributed by atoms with Crippen molar-refractivity contribution in [2.24, 2.45) is 4.99 Å². The Morgan fingerprint density at radius 3 is 2.56 bits per heavy atom. The molecule has 0 bridgehead atoms. The second-order valence-electron chi connectivity index (χ2n) is 4.11. The lowest BCUT2D eigenvalue weighted by molar-refractivity contribution is 0.101. The first kappa shape index (κ1) is 11.0. The van der Waals surface area contributed by atoms with Gasteiger partial charge >= 0.3 is 0 Å².